The molecule has 1 fully saturated rings. The maximum Gasteiger partial charge on any atom is 0.257 e. The summed E-state index contributed by atoms with van der Waals surface area (Å²) in [6.07, 6.45) is 5.44. The molecule has 0 unspecified atom stereocenters. The van der Waals surface area contributed by atoms with Gasteiger partial charge in [-0.2, -0.15) is 0 Å². The molecule has 0 atom stereocenters. The molecule has 6 nitrogen and oxygen atoms in total. The lowest BCUT2D eigenvalue weighted by Gasteiger charge is -2.36. The van der Waals surface area contributed by atoms with Gasteiger partial charge in [0.25, 0.3) is 5.91 Å². The molecule has 1 saturated heterocycles. The van der Waals surface area contributed by atoms with Crippen molar-refractivity contribution in [2.24, 2.45) is 0 Å². The van der Waals surface area contributed by atoms with E-state index in [2.05, 4.69) is 58.3 Å². The molecule has 2 heterocycles. The molecule has 0 radical (unpaired) electrons. The Kier molecular flexibility index (Phi) is 6.04. The summed E-state index contributed by atoms with van der Waals surface area (Å²) in [5.74, 6) is 0.591. The quantitative estimate of drug-likeness (QED) is 0.809. The van der Waals surface area contributed by atoms with Gasteiger partial charge in [0.05, 0.1) is 5.56 Å². The first kappa shape index (κ1) is 18.2. The highest BCUT2D eigenvalue weighted by atomic mass is 16.2. The Morgan fingerprint density at radius 3 is 2.54 bits per heavy atom. The number of hydrogen-bond donors (Lipinski definition) is 1. The van der Waals surface area contributed by atoms with E-state index >= 15 is 0 Å². The van der Waals surface area contributed by atoms with Crippen molar-refractivity contribution in [3.05, 3.63) is 47.8 Å². The molecular weight excluding hydrogens is 326 g/mol. The lowest BCUT2D eigenvalue weighted by Crippen LogP contribution is -2.48. The van der Waals surface area contributed by atoms with Gasteiger partial charge < -0.3 is 15.1 Å². The predicted octanol–water partition coefficient (Wildman–Crippen LogP) is 2.96. The monoisotopic (exact) mass is 353 g/mol. The van der Waals surface area contributed by atoms with Crippen LogP contribution in [-0.2, 0) is 0 Å². The van der Waals surface area contributed by atoms with E-state index in [0.29, 0.717) is 24.6 Å². The van der Waals surface area contributed by atoms with Crippen LogP contribution in [-0.4, -0.2) is 53.5 Å². The van der Waals surface area contributed by atoms with Gasteiger partial charge in [-0.25, -0.2) is 9.97 Å². The summed E-state index contributed by atoms with van der Waals surface area (Å²) in [6, 6.07) is 8.50. The Hall–Kier alpha value is -2.63. The third-order valence-corrected chi connectivity index (χ3v) is 4.65. The highest BCUT2D eigenvalue weighted by Crippen LogP contribution is 2.18. The number of rotatable bonds is 6. The highest BCUT2D eigenvalue weighted by molar-refractivity contribution is 5.93. The first-order chi connectivity index (χ1) is 12.7. The number of amides is 1. The molecule has 0 aliphatic carbocycles. The smallest absolute Gasteiger partial charge is 0.257 e. The standard InChI is InChI=1S/C20H27N5O/c1-3-4-8-21-20-22-14-17(15-23-20)19(26)25-11-9-24(10-12-25)18-7-5-6-16(2)13-18/h5-7,13-15H,3-4,8-12H2,1-2H3,(H,21,22,23). The third kappa shape index (κ3) is 4.50. The molecule has 1 amide bonds. The number of benzene rings is 1. The van der Waals surface area contributed by atoms with Crippen molar-refractivity contribution in [3.63, 3.8) is 0 Å². The molecule has 1 aliphatic heterocycles. The minimum Gasteiger partial charge on any atom is -0.368 e. The summed E-state index contributed by atoms with van der Waals surface area (Å²) in [4.78, 5) is 25.4. The summed E-state index contributed by atoms with van der Waals surface area (Å²) in [6.45, 7) is 8.20. The largest absolute Gasteiger partial charge is 0.368 e. The van der Waals surface area contributed by atoms with Crippen LogP contribution >= 0.6 is 0 Å². The average Bonchev–Trinajstić information content (AvgIpc) is 2.68. The van der Waals surface area contributed by atoms with Crippen LogP contribution in [0.5, 0.6) is 0 Å². The van der Waals surface area contributed by atoms with Crippen molar-refractivity contribution in [2.75, 3.05) is 42.9 Å². The van der Waals surface area contributed by atoms with E-state index in [0.717, 1.165) is 32.5 Å². The van der Waals surface area contributed by atoms with E-state index < -0.39 is 0 Å². The van der Waals surface area contributed by atoms with Crippen molar-refractivity contribution >= 4 is 17.5 Å². The molecule has 26 heavy (non-hydrogen) atoms. The number of piperazine rings is 1. The second kappa shape index (κ2) is 8.65. The van der Waals surface area contributed by atoms with Gasteiger partial charge in [0.2, 0.25) is 5.95 Å². The van der Waals surface area contributed by atoms with Gasteiger partial charge in [0.1, 0.15) is 0 Å². The molecule has 1 aliphatic rings. The van der Waals surface area contributed by atoms with Crippen LogP contribution in [0.1, 0.15) is 35.7 Å². The molecule has 1 aromatic carbocycles. The lowest BCUT2D eigenvalue weighted by molar-refractivity contribution is 0.0746. The summed E-state index contributed by atoms with van der Waals surface area (Å²) in [7, 11) is 0. The van der Waals surface area contributed by atoms with Gasteiger partial charge in [-0.05, 0) is 31.0 Å². The van der Waals surface area contributed by atoms with E-state index in [1.807, 2.05) is 4.90 Å². The maximum absolute atomic E-state index is 12.7. The summed E-state index contributed by atoms with van der Waals surface area (Å²) < 4.78 is 0. The molecule has 0 spiro atoms. The SMILES string of the molecule is CCCCNc1ncc(C(=O)N2CCN(c3cccc(C)c3)CC2)cn1. The molecule has 138 valence electrons. The number of carbonyl (C=O) groups excluding carboxylic acids is 1. The van der Waals surface area contributed by atoms with Gasteiger partial charge in [0, 0.05) is 50.8 Å². The lowest BCUT2D eigenvalue weighted by atomic mass is 10.2. The normalized spacial score (nSPS) is 14.4. The predicted molar refractivity (Wildman–Crippen MR) is 105 cm³/mol. The molecule has 0 bridgehead atoms. The zero-order valence-electron chi connectivity index (χ0n) is 15.6. The highest BCUT2D eigenvalue weighted by Gasteiger charge is 2.22. The number of aryl methyl sites for hydroxylation is 1. The Labute approximate surface area is 155 Å². The zero-order valence-corrected chi connectivity index (χ0v) is 15.6. The van der Waals surface area contributed by atoms with Gasteiger partial charge in [-0.1, -0.05) is 25.5 Å². The first-order valence-corrected chi connectivity index (χ1v) is 9.34. The minimum absolute atomic E-state index is 0.00833. The van der Waals surface area contributed by atoms with Gasteiger partial charge in [-0.3, -0.25) is 4.79 Å². The van der Waals surface area contributed by atoms with Gasteiger partial charge >= 0.3 is 0 Å². The van der Waals surface area contributed by atoms with Crippen molar-refractivity contribution in [1.29, 1.82) is 0 Å². The summed E-state index contributed by atoms with van der Waals surface area (Å²) in [5, 5.41) is 3.17. The topological polar surface area (TPSA) is 61.4 Å². The van der Waals surface area contributed by atoms with Crippen LogP contribution in [0.4, 0.5) is 11.6 Å². The van der Waals surface area contributed by atoms with Crippen LogP contribution < -0.4 is 10.2 Å². The average molecular weight is 353 g/mol. The van der Waals surface area contributed by atoms with Crippen molar-refractivity contribution < 1.29 is 4.79 Å². The van der Waals surface area contributed by atoms with Crippen molar-refractivity contribution in [2.45, 2.75) is 26.7 Å². The van der Waals surface area contributed by atoms with Crippen LogP contribution in [0.25, 0.3) is 0 Å². The fraction of sp³-hybridized carbons (Fsp3) is 0.450. The van der Waals surface area contributed by atoms with Crippen molar-refractivity contribution in [3.8, 4) is 0 Å². The maximum atomic E-state index is 12.7. The summed E-state index contributed by atoms with van der Waals surface area (Å²) >= 11 is 0. The number of nitrogens with one attached hydrogen (secondary N) is 1. The Balaban J connectivity index is 1.54. The number of anilines is 2. The number of hydrogen-bond acceptors (Lipinski definition) is 5. The Morgan fingerprint density at radius 2 is 1.88 bits per heavy atom. The van der Waals surface area contributed by atoms with Crippen LogP contribution in [0.2, 0.25) is 0 Å². The van der Waals surface area contributed by atoms with E-state index in [4.69, 9.17) is 0 Å². The van der Waals surface area contributed by atoms with E-state index in [1.54, 1.807) is 12.4 Å². The fourth-order valence-electron chi connectivity index (χ4n) is 3.08. The van der Waals surface area contributed by atoms with Gasteiger partial charge in [-0.15, -0.1) is 0 Å². The van der Waals surface area contributed by atoms with E-state index in [9.17, 15) is 4.79 Å². The Morgan fingerprint density at radius 1 is 1.15 bits per heavy atom. The van der Waals surface area contributed by atoms with E-state index in [-0.39, 0.29) is 5.91 Å². The molecule has 1 N–H and O–H groups in total. The molecule has 3 rings (SSSR count). The minimum atomic E-state index is 0.00833. The third-order valence-electron chi connectivity index (χ3n) is 4.65. The zero-order chi connectivity index (χ0) is 18.4. The van der Waals surface area contributed by atoms with Crippen LogP contribution in [0, 0.1) is 6.92 Å². The van der Waals surface area contributed by atoms with Gasteiger partial charge in [0.15, 0.2) is 0 Å². The second-order valence-electron chi connectivity index (χ2n) is 6.69. The number of aromatic nitrogens is 2. The number of nitrogens with zero attached hydrogens (tertiary/aromatic N) is 4. The number of carbonyl (C=O) groups is 1. The molecule has 6 heteroatoms. The molecule has 0 saturated carbocycles. The fourth-order valence-corrected chi connectivity index (χ4v) is 3.08. The molecular formula is C20H27N5O. The summed E-state index contributed by atoms with van der Waals surface area (Å²) in [5.41, 5.74) is 3.03. The Bertz CT molecular complexity index is 723. The molecule has 1 aromatic heterocycles. The first-order valence-electron chi connectivity index (χ1n) is 9.34. The second-order valence-corrected chi connectivity index (χ2v) is 6.69. The van der Waals surface area contributed by atoms with Crippen molar-refractivity contribution in [1.82, 2.24) is 14.9 Å². The molecule has 2 aromatic rings. The van der Waals surface area contributed by atoms with Crippen LogP contribution in [0.3, 0.4) is 0 Å². The number of unbranched alkanes of at least 4 members (excludes halogenated alkanes) is 1. The van der Waals surface area contributed by atoms with Crippen LogP contribution in [0.15, 0.2) is 36.7 Å². The van der Waals surface area contributed by atoms with E-state index in [1.165, 1.54) is 11.3 Å².